The predicted molar refractivity (Wildman–Crippen MR) is 78.7 cm³/mol. The number of hydrogen-bond acceptors (Lipinski definition) is 1. The maximum absolute atomic E-state index is 3.83. The lowest BCUT2D eigenvalue weighted by molar-refractivity contribution is 0.327. The fourth-order valence-electron chi connectivity index (χ4n) is 3.33. The smallest absolute Gasteiger partial charge is 0.0294 e. The van der Waals surface area contributed by atoms with Crippen LogP contribution in [0.2, 0.25) is 0 Å². The summed E-state index contributed by atoms with van der Waals surface area (Å²) in [6.45, 7) is 9.18. The zero-order chi connectivity index (χ0) is 13.1. The molecule has 4 unspecified atom stereocenters. The third-order valence-electron chi connectivity index (χ3n) is 4.79. The van der Waals surface area contributed by atoms with Gasteiger partial charge in [-0.3, -0.25) is 0 Å². The second-order valence-corrected chi connectivity index (χ2v) is 6.01. The molecule has 100 valence electrons. The lowest BCUT2D eigenvalue weighted by Gasteiger charge is -2.25. The molecule has 1 saturated carbocycles. The zero-order valence-electron chi connectivity index (χ0n) is 12.2. The first-order chi connectivity index (χ1) is 8.61. The summed E-state index contributed by atoms with van der Waals surface area (Å²) in [5.74, 6) is 1.75. The number of benzene rings is 1. The van der Waals surface area contributed by atoms with Gasteiger partial charge in [0.25, 0.3) is 0 Å². The Hall–Kier alpha value is -0.820. The summed E-state index contributed by atoms with van der Waals surface area (Å²) in [6, 6.07) is 10.1. The van der Waals surface area contributed by atoms with Crippen LogP contribution in [0.5, 0.6) is 0 Å². The van der Waals surface area contributed by atoms with Gasteiger partial charge in [0.05, 0.1) is 0 Å². The molecule has 0 radical (unpaired) electrons. The van der Waals surface area contributed by atoms with Gasteiger partial charge in [0, 0.05) is 12.1 Å². The molecule has 1 aliphatic rings. The van der Waals surface area contributed by atoms with Gasteiger partial charge in [-0.05, 0) is 44.1 Å². The normalized spacial score (nSPS) is 29.4. The fraction of sp³-hybridized carbons (Fsp3) is 0.647. The van der Waals surface area contributed by atoms with Gasteiger partial charge in [-0.1, -0.05) is 50.1 Å². The summed E-state index contributed by atoms with van der Waals surface area (Å²) in [6.07, 6.45) is 4.07. The van der Waals surface area contributed by atoms with Crippen LogP contribution in [0.15, 0.2) is 24.3 Å². The lowest BCUT2D eigenvalue weighted by Crippen LogP contribution is -2.34. The minimum Gasteiger partial charge on any atom is -0.307 e. The van der Waals surface area contributed by atoms with Crippen LogP contribution in [0.4, 0.5) is 0 Å². The molecule has 1 fully saturated rings. The molecule has 2 rings (SSSR count). The summed E-state index contributed by atoms with van der Waals surface area (Å²) < 4.78 is 0. The van der Waals surface area contributed by atoms with Crippen molar-refractivity contribution in [2.24, 2.45) is 11.8 Å². The van der Waals surface area contributed by atoms with E-state index in [1.165, 1.54) is 30.4 Å². The van der Waals surface area contributed by atoms with Crippen molar-refractivity contribution >= 4 is 0 Å². The summed E-state index contributed by atoms with van der Waals surface area (Å²) in [5.41, 5.74) is 2.75. The van der Waals surface area contributed by atoms with Crippen molar-refractivity contribution < 1.29 is 0 Å². The molecule has 0 amide bonds. The van der Waals surface area contributed by atoms with E-state index in [9.17, 15) is 0 Å². The van der Waals surface area contributed by atoms with Gasteiger partial charge in [0.2, 0.25) is 0 Å². The third kappa shape index (κ3) is 2.95. The fourth-order valence-corrected chi connectivity index (χ4v) is 3.33. The van der Waals surface area contributed by atoms with Gasteiger partial charge in [-0.25, -0.2) is 0 Å². The first-order valence-electron chi connectivity index (χ1n) is 7.44. The largest absolute Gasteiger partial charge is 0.307 e. The standard InChI is InChI=1S/C17H27N/c1-5-15-10-11-17(13(15)3)18-14(4)16-8-6-12(2)7-9-16/h6-9,13-15,17-18H,5,10-11H2,1-4H3. The van der Waals surface area contributed by atoms with Gasteiger partial charge in [0.15, 0.2) is 0 Å². The average molecular weight is 245 g/mol. The van der Waals surface area contributed by atoms with E-state index < -0.39 is 0 Å². The number of rotatable bonds is 4. The van der Waals surface area contributed by atoms with E-state index in [0.717, 1.165) is 11.8 Å². The lowest BCUT2D eigenvalue weighted by atomic mass is 9.93. The topological polar surface area (TPSA) is 12.0 Å². The number of nitrogens with one attached hydrogen (secondary N) is 1. The van der Waals surface area contributed by atoms with Gasteiger partial charge in [0.1, 0.15) is 0 Å². The SMILES string of the molecule is CCC1CCC(NC(C)c2ccc(C)cc2)C1C. The van der Waals surface area contributed by atoms with Crippen molar-refractivity contribution in [2.45, 2.75) is 59.0 Å². The molecule has 0 saturated heterocycles. The van der Waals surface area contributed by atoms with Crippen LogP contribution < -0.4 is 5.32 Å². The Balaban J connectivity index is 1.95. The molecular formula is C17H27N. The second kappa shape index (κ2) is 5.88. The first kappa shape index (κ1) is 13.6. The molecule has 1 N–H and O–H groups in total. The highest BCUT2D eigenvalue weighted by molar-refractivity contribution is 5.23. The van der Waals surface area contributed by atoms with E-state index in [-0.39, 0.29) is 0 Å². The van der Waals surface area contributed by atoms with Crippen LogP contribution in [-0.2, 0) is 0 Å². The maximum atomic E-state index is 3.83. The van der Waals surface area contributed by atoms with Crippen LogP contribution in [0.25, 0.3) is 0 Å². The van der Waals surface area contributed by atoms with Crippen molar-refractivity contribution in [3.05, 3.63) is 35.4 Å². The van der Waals surface area contributed by atoms with E-state index in [1.807, 2.05) is 0 Å². The van der Waals surface area contributed by atoms with Crippen molar-refractivity contribution in [3.8, 4) is 0 Å². The molecule has 0 bridgehead atoms. The maximum Gasteiger partial charge on any atom is 0.0294 e. The van der Waals surface area contributed by atoms with Gasteiger partial charge < -0.3 is 5.32 Å². The average Bonchev–Trinajstić information content (AvgIpc) is 2.71. The Labute approximate surface area is 112 Å². The summed E-state index contributed by atoms with van der Waals surface area (Å²) in [4.78, 5) is 0. The third-order valence-corrected chi connectivity index (χ3v) is 4.79. The van der Waals surface area contributed by atoms with Crippen molar-refractivity contribution in [1.82, 2.24) is 5.32 Å². The Kier molecular flexibility index (Phi) is 4.45. The molecule has 1 aromatic rings. The van der Waals surface area contributed by atoms with Crippen molar-refractivity contribution in [1.29, 1.82) is 0 Å². The quantitative estimate of drug-likeness (QED) is 0.825. The molecule has 4 atom stereocenters. The predicted octanol–water partition coefficient (Wildman–Crippen LogP) is 4.47. The highest BCUT2D eigenvalue weighted by atomic mass is 15.0. The monoisotopic (exact) mass is 245 g/mol. The summed E-state index contributed by atoms with van der Waals surface area (Å²) in [5, 5.41) is 3.83. The Morgan fingerprint density at radius 1 is 1.22 bits per heavy atom. The molecule has 0 aromatic heterocycles. The molecule has 0 aliphatic heterocycles. The van der Waals surface area contributed by atoms with E-state index in [2.05, 4.69) is 57.3 Å². The van der Waals surface area contributed by atoms with Gasteiger partial charge in [-0.15, -0.1) is 0 Å². The van der Waals surface area contributed by atoms with Gasteiger partial charge in [-0.2, -0.15) is 0 Å². The van der Waals surface area contributed by atoms with E-state index in [4.69, 9.17) is 0 Å². The van der Waals surface area contributed by atoms with Crippen LogP contribution in [0, 0.1) is 18.8 Å². The number of aryl methyl sites for hydroxylation is 1. The van der Waals surface area contributed by atoms with Crippen LogP contribution in [-0.4, -0.2) is 6.04 Å². The molecule has 18 heavy (non-hydrogen) atoms. The first-order valence-corrected chi connectivity index (χ1v) is 7.44. The minimum absolute atomic E-state index is 0.466. The molecule has 0 heterocycles. The summed E-state index contributed by atoms with van der Waals surface area (Å²) >= 11 is 0. The Morgan fingerprint density at radius 3 is 2.44 bits per heavy atom. The van der Waals surface area contributed by atoms with E-state index in [1.54, 1.807) is 0 Å². The summed E-state index contributed by atoms with van der Waals surface area (Å²) in [7, 11) is 0. The Morgan fingerprint density at radius 2 is 1.89 bits per heavy atom. The molecule has 1 nitrogen and oxygen atoms in total. The van der Waals surface area contributed by atoms with E-state index in [0.29, 0.717) is 12.1 Å². The van der Waals surface area contributed by atoms with Crippen molar-refractivity contribution in [3.63, 3.8) is 0 Å². The molecule has 1 aliphatic carbocycles. The number of hydrogen-bond donors (Lipinski definition) is 1. The van der Waals surface area contributed by atoms with Crippen LogP contribution >= 0.6 is 0 Å². The van der Waals surface area contributed by atoms with Crippen LogP contribution in [0.3, 0.4) is 0 Å². The molecular weight excluding hydrogens is 218 g/mol. The highest BCUT2D eigenvalue weighted by Gasteiger charge is 2.32. The minimum atomic E-state index is 0.466. The molecule has 0 spiro atoms. The van der Waals surface area contributed by atoms with Crippen LogP contribution in [0.1, 0.15) is 57.2 Å². The highest BCUT2D eigenvalue weighted by Crippen LogP contribution is 2.35. The van der Waals surface area contributed by atoms with Crippen molar-refractivity contribution in [2.75, 3.05) is 0 Å². The van der Waals surface area contributed by atoms with E-state index >= 15 is 0 Å². The Bertz CT molecular complexity index is 368. The molecule has 1 heteroatoms. The molecule has 1 aromatic carbocycles. The second-order valence-electron chi connectivity index (χ2n) is 6.01. The zero-order valence-corrected chi connectivity index (χ0v) is 12.2. The van der Waals surface area contributed by atoms with Gasteiger partial charge >= 0.3 is 0 Å².